The Bertz CT molecular complexity index is 827. The first-order valence-electron chi connectivity index (χ1n) is 6.51. The van der Waals surface area contributed by atoms with Crippen molar-refractivity contribution >= 4 is 11.3 Å². The molecule has 0 N–H and O–H groups in total. The summed E-state index contributed by atoms with van der Waals surface area (Å²) in [6, 6.07) is 6.11. The zero-order chi connectivity index (χ0) is 16.6. The van der Waals surface area contributed by atoms with Crippen LogP contribution in [0.25, 0.3) is 10.7 Å². The van der Waals surface area contributed by atoms with Crippen LogP contribution in [0.1, 0.15) is 11.4 Å². The molecule has 0 aliphatic rings. The molecule has 0 spiro atoms. The van der Waals surface area contributed by atoms with E-state index in [1.54, 1.807) is 13.0 Å². The van der Waals surface area contributed by atoms with Gasteiger partial charge in [0, 0.05) is 24.9 Å². The third-order valence-electron chi connectivity index (χ3n) is 2.91. The molecule has 3 aromatic heterocycles. The second kappa shape index (κ2) is 5.65. The predicted molar refractivity (Wildman–Crippen MR) is 78.4 cm³/mol. The predicted octanol–water partition coefficient (Wildman–Crippen LogP) is 4.06. The Morgan fingerprint density at radius 3 is 2.61 bits per heavy atom. The molecule has 0 bridgehead atoms. The van der Waals surface area contributed by atoms with Crippen molar-refractivity contribution in [1.29, 1.82) is 0 Å². The summed E-state index contributed by atoms with van der Waals surface area (Å²) in [5.74, 6) is 0.582. The van der Waals surface area contributed by atoms with Crippen molar-refractivity contribution in [2.45, 2.75) is 13.1 Å². The van der Waals surface area contributed by atoms with Gasteiger partial charge in [-0.3, -0.25) is 0 Å². The third-order valence-corrected chi connectivity index (χ3v) is 3.77. The van der Waals surface area contributed by atoms with Gasteiger partial charge < -0.3 is 4.74 Å². The summed E-state index contributed by atoms with van der Waals surface area (Å²) in [6.07, 6.45) is -4.52. The molecular weight excluding hydrogens is 329 g/mol. The summed E-state index contributed by atoms with van der Waals surface area (Å²) in [5, 5.41) is 5.29. The smallest absolute Gasteiger partial charge is 0.421 e. The van der Waals surface area contributed by atoms with Crippen LogP contribution in [0.4, 0.5) is 13.2 Å². The van der Waals surface area contributed by atoms with Crippen molar-refractivity contribution in [2.75, 3.05) is 0 Å². The first-order chi connectivity index (χ1) is 10.8. The molecule has 0 saturated heterocycles. The van der Waals surface area contributed by atoms with E-state index in [2.05, 4.69) is 15.1 Å². The molecule has 23 heavy (non-hydrogen) atoms. The number of alkyl halides is 3. The highest BCUT2D eigenvalue weighted by Gasteiger charge is 2.35. The van der Waals surface area contributed by atoms with Gasteiger partial charge in [0.2, 0.25) is 11.8 Å². The maximum Gasteiger partial charge on any atom is 0.435 e. The first-order valence-corrected chi connectivity index (χ1v) is 7.39. The van der Waals surface area contributed by atoms with E-state index in [-0.39, 0.29) is 11.8 Å². The number of nitrogens with zero attached hydrogens (tertiary/aromatic N) is 4. The lowest BCUT2D eigenvalue weighted by Gasteiger charge is -2.06. The van der Waals surface area contributed by atoms with Crippen LogP contribution in [0, 0.1) is 6.92 Å². The van der Waals surface area contributed by atoms with Crippen LogP contribution < -0.4 is 4.74 Å². The summed E-state index contributed by atoms with van der Waals surface area (Å²) < 4.78 is 44.5. The van der Waals surface area contributed by atoms with Crippen molar-refractivity contribution in [2.24, 2.45) is 7.05 Å². The van der Waals surface area contributed by atoms with E-state index in [1.165, 1.54) is 18.4 Å². The number of aryl methyl sites for hydroxylation is 2. The quantitative estimate of drug-likeness (QED) is 0.721. The number of hydrogen-bond donors (Lipinski definition) is 0. The van der Waals surface area contributed by atoms with Gasteiger partial charge in [-0.1, -0.05) is 6.07 Å². The number of halogens is 3. The summed E-state index contributed by atoms with van der Waals surface area (Å²) in [7, 11) is 1.37. The molecule has 3 aromatic rings. The van der Waals surface area contributed by atoms with Crippen LogP contribution in [-0.4, -0.2) is 19.7 Å². The van der Waals surface area contributed by atoms with Crippen LogP contribution in [0.5, 0.6) is 11.8 Å². The average Bonchev–Trinajstić information content (AvgIpc) is 3.08. The molecule has 3 rings (SSSR count). The van der Waals surface area contributed by atoms with Gasteiger partial charge in [-0.25, -0.2) is 9.67 Å². The van der Waals surface area contributed by atoms with Gasteiger partial charge in [0.25, 0.3) is 0 Å². The summed E-state index contributed by atoms with van der Waals surface area (Å²) in [5.41, 5.74) is -0.365. The third kappa shape index (κ3) is 3.34. The molecular formula is C14H11F3N4OS. The Morgan fingerprint density at radius 1 is 1.22 bits per heavy atom. The lowest BCUT2D eigenvalue weighted by atomic mass is 10.4. The van der Waals surface area contributed by atoms with Gasteiger partial charge in [-0.2, -0.15) is 23.3 Å². The standard InChI is InChI=1S/C14H11F3N4OS/c1-8-6-11(19-13(18-8)9-4-3-5-23-9)22-12-7-10(14(15,16)17)20-21(12)2/h3-7H,1-2H3. The Labute approximate surface area is 133 Å². The van der Waals surface area contributed by atoms with E-state index in [1.807, 2.05) is 17.5 Å². The van der Waals surface area contributed by atoms with E-state index in [9.17, 15) is 13.2 Å². The molecule has 0 amide bonds. The number of ether oxygens (including phenoxy) is 1. The molecule has 0 unspecified atom stereocenters. The highest BCUT2D eigenvalue weighted by molar-refractivity contribution is 7.13. The average molecular weight is 340 g/mol. The van der Waals surface area contributed by atoms with Gasteiger partial charge in [-0.05, 0) is 18.4 Å². The second-order valence-corrected chi connectivity index (χ2v) is 5.69. The highest BCUT2D eigenvalue weighted by Crippen LogP contribution is 2.32. The monoisotopic (exact) mass is 340 g/mol. The zero-order valence-electron chi connectivity index (χ0n) is 12.1. The van der Waals surface area contributed by atoms with E-state index >= 15 is 0 Å². The lowest BCUT2D eigenvalue weighted by molar-refractivity contribution is -0.141. The molecule has 120 valence electrons. The van der Waals surface area contributed by atoms with Crippen LogP contribution in [0.3, 0.4) is 0 Å². The minimum absolute atomic E-state index is 0.0486. The number of hydrogen-bond acceptors (Lipinski definition) is 5. The normalized spacial score (nSPS) is 11.7. The molecule has 0 atom stereocenters. The first kappa shape index (κ1) is 15.5. The van der Waals surface area contributed by atoms with Crippen LogP contribution in [0.15, 0.2) is 29.6 Å². The molecule has 0 aliphatic heterocycles. The summed E-state index contributed by atoms with van der Waals surface area (Å²) in [4.78, 5) is 9.39. The van der Waals surface area contributed by atoms with Crippen LogP contribution in [-0.2, 0) is 13.2 Å². The SMILES string of the molecule is Cc1cc(Oc2cc(C(F)(F)F)nn2C)nc(-c2cccs2)n1. The van der Waals surface area contributed by atoms with Gasteiger partial charge in [0.1, 0.15) is 0 Å². The summed E-state index contributed by atoms with van der Waals surface area (Å²) >= 11 is 1.46. The Morgan fingerprint density at radius 2 is 2.00 bits per heavy atom. The van der Waals surface area contributed by atoms with Gasteiger partial charge in [0.15, 0.2) is 11.5 Å². The fourth-order valence-electron chi connectivity index (χ4n) is 1.90. The molecule has 5 nitrogen and oxygen atoms in total. The largest absolute Gasteiger partial charge is 0.435 e. The highest BCUT2D eigenvalue weighted by atomic mass is 32.1. The molecule has 0 radical (unpaired) electrons. The maximum atomic E-state index is 12.7. The van der Waals surface area contributed by atoms with Crippen molar-refractivity contribution in [3.63, 3.8) is 0 Å². The topological polar surface area (TPSA) is 52.8 Å². The fraction of sp³-hybridized carbons (Fsp3) is 0.214. The van der Waals surface area contributed by atoms with Crippen molar-refractivity contribution in [1.82, 2.24) is 19.7 Å². The molecule has 0 saturated carbocycles. The Balaban J connectivity index is 1.93. The van der Waals surface area contributed by atoms with E-state index < -0.39 is 11.9 Å². The van der Waals surface area contributed by atoms with Gasteiger partial charge >= 0.3 is 6.18 Å². The molecule has 0 aliphatic carbocycles. The van der Waals surface area contributed by atoms with E-state index in [0.29, 0.717) is 11.5 Å². The minimum Gasteiger partial charge on any atom is -0.421 e. The molecule has 0 aromatic carbocycles. The zero-order valence-corrected chi connectivity index (χ0v) is 12.9. The maximum absolute atomic E-state index is 12.7. The van der Waals surface area contributed by atoms with Crippen molar-refractivity contribution in [3.8, 4) is 22.5 Å². The van der Waals surface area contributed by atoms with E-state index in [0.717, 1.165) is 15.6 Å². The number of thiophene rings is 1. The molecule has 3 heterocycles. The molecule has 9 heteroatoms. The summed E-state index contributed by atoms with van der Waals surface area (Å²) in [6.45, 7) is 1.76. The van der Waals surface area contributed by atoms with Crippen LogP contribution in [0.2, 0.25) is 0 Å². The second-order valence-electron chi connectivity index (χ2n) is 4.74. The number of aromatic nitrogens is 4. The minimum atomic E-state index is -4.52. The lowest BCUT2D eigenvalue weighted by Crippen LogP contribution is -2.06. The van der Waals surface area contributed by atoms with Gasteiger partial charge in [-0.15, -0.1) is 11.3 Å². The van der Waals surface area contributed by atoms with Gasteiger partial charge in [0.05, 0.1) is 4.88 Å². The Hall–Kier alpha value is -2.42. The van der Waals surface area contributed by atoms with Crippen molar-refractivity contribution < 1.29 is 17.9 Å². The van der Waals surface area contributed by atoms with Crippen LogP contribution >= 0.6 is 11.3 Å². The molecule has 0 fully saturated rings. The van der Waals surface area contributed by atoms with Crippen molar-refractivity contribution in [3.05, 3.63) is 41.0 Å². The fourth-order valence-corrected chi connectivity index (χ4v) is 2.56. The van der Waals surface area contributed by atoms with E-state index in [4.69, 9.17) is 4.74 Å². The Kier molecular flexibility index (Phi) is 3.80. The number of rotatable bonds is 3.